The maximum Gasteiger partial charge on any atom is 0.314 e. The van der Waals surface area contributed by atoms with Crippen LogP contribution in [-0.4, -0.2) is 25.7 Å². The Morgan fingerprint density at radius 1 is 1.75 bits per heavy atom. The van der Waals surface area contributed by atoms with Gasteiger partial charge in [0, 0.05) is 0 Å². The minimum atomic E-state index is -0.203. The largest absolute Gasteiger partial charge is 0.634 e. The molecule has 0 bridgehead atoms. The van der Waals surface area contributed by atoms with Crippen molar-refractivity contribution < 1.29 is 14.6 Å². The molecule has 0 spiro atoms. The van der Waals surface area contributed by atoms with Crippen molar-refractivity contribution in [2.24, 2.45) is 5.92 Å². The van der Waals surface area contributed by atoms with Crippen molar-refractivity contribution in [3.63, 3.8) is 0 Å². The Balaban J connectivity index is 2.35. The van der Waals surface area contributed by atoms with Crippen LogP contribution in [0.5, 0.6) is 0 Å². The van der Waals surface area contributed by atoms with Crippen molar-refractivity contribution in [2.45, 2.75) is 19.8 Å². The van der Waals surface area contributed by atoms with Crippen LogP contribution in [0.15, 0.2) is 0 Å². The summed E-state index contributed by atoms with van der Waals surface area (Å²) >= 11 is 0. The standard InChI is InChI=1S/C8H15NO3/c1-2-12-8(10)7-4-3-5-9(11)6-7/h7,9H,2-6H2,1H3. The van der Waals surface area contributed by atoms with E-state index in [4.69, 9.17) is 4.74 Å². The summed E-state index contributed by atoms with van der Waals surface area (Å²) in [5.74, 6) is -0.364. The highest BCUT2D eigenvalue weighted by atomic mass is 16.5. The average Bonchev–Trinajstić information content (AvgIpc) is 2.05. The van der Waals surface area contributed by atoms with Gasteiger partial charge in [0.2, 0.25) is 0 Å². The van der Waals surface area contributed by atoms with E-state index >= 15 is 0 Å². The maximum absolute atomic E-state index is 11.2. The number of ether oxygens (including phenoxy) is 1. The molecule has 1 aliphatic heterocycles. The third-order valence-electron chi connectivity index (χ3n) is 2.10. The molecule has 1 rings (SSSR count). The number of carbonyl (C=O) groups is 1. The van der Waals surface area contributed by atoms with E-state index in [1.807, 2.05) is 0 Å². The fraction of sp³-hybridized carbons (Fsp3) is 0.875. The van der Waals surface area contributed by atoms with Crippen molar-refractivity contribution in [1.82, 2.24) is 0 Å². The fourth-order valence-electron chi connectivity index (χ4n) is 1.49. The van der Waals surface area contributed by atoms with Gasteiger partial charge in [-0.25, -0.2) is 0 Å². The number of esters is 1. The van der Waals surface area contributed by atoms with Gasteiger partial charge in [-0.1, -0.05) is 0 Å². The van der Waals surface area contributed by atoms with Gasteiger partial charge in [0.1, 0.15) is 5.92 Å². The van der Waals surface area contributed by atoms with Gasteiger partial charge in [-0.3, -0.25) is 4.79 Å². The number of rotatable bonds is 2. The zero-order valence-electron chi connectivity index (χ0n) is 7.34. The zero-order valence-corrected chi connectivity index (χ0v) is 7.34. The Kier molecular flexibility index (Phi) is 3.49. The first-order valence-electron chi connectivity index (χ1n) is 4.42. The minimum absolute atomic E-state index is 0.161. The third-order valence-corrected chi connectivity index (χ3v) is 2.10. The molecule has 70 valence electrons. The first kappa shape index (κ1) is 9.48. The van der Waals surface area contributed by atoms with E-state index in [0.717, 1.165) is 12.8 Å². The van der Waals surface area contributed by atoms with E-state index in [2.05, 4.69) is 0 Å². The molecule has 2 unspecified atom stereocenters. The first-order chi connectivity index (χ1) is 5.74. The second kappa shape index (κ2) is 4.42. The molecule has 12 heavy (non-hydrogen) atoms. The lowest BCUT2D eigenvalue weighted by atomic mass is 10.00. The predicted molar refractivity (Wildman–Crippen MR) is 43.4 cm³/mol. The summed E-state index contributed by atoms with van der Waals surface area (Å²) in [5.41, 5.74) is 0. The summed E-state index contributed by atoms with van der Waals surface area (Å²) in [6, 6.07) is 0. The van der Waals surface area contributed by atoms with Gasteiger partial charge in [0.15, 0.2) is 0 Å². The monoisotopic (exact) mass is 173 g/mol. The van der Waals surface area contributed by atoms with Crippen LogP contribution in [-0.2, 0) is 9.53 Å². The summed E-state index contributed by atoms with van der Waals surface area (Å²) in [6.45, 7) is 3.21. The number of hydrogen-bond acceptors (Lipinski definition) is 3. The summed E-state index contributed by atoms with van der Waals surface area (Å²) in [4.78, 5) is 11.2. The normalized spacial score (nSPS) is 29.8. The average molecular weight is 173 g/mol. The molecule has 4 heteroatoms. The summed E-state index contributed by atoms with van der Waals surface area (Å²) < 4.78 is 4.84. The highest BCUT2D eigenvalue weighted by Gasteiger charge is 2.26. The molecule has 0 amide bonds. The Morgan fingerprint density at radius 3 is 3.08 bits per heavy atom. The summed E-state index contributed by atoms with van der Waals surface area (Å²) in [5, 5.41) is 11.2. The Hall–Kier alpha value is -0.610. The van der Waals surface area contributed by atoms with Gasteiger partial charge in [-0.2, -0.15) is 0 Å². The molecule has 4 nitrogen and oxygen atoms in total. The number of hydrogen-bond donors (Lipinski definition) is 1. The third kappa shape index (κ3) is 2.46. The lowest BCUT2D eigenvalue weighted by Gasteiger charge is -2.30. The van der Waals surface area contributed by atoms with Gasteiger partial charge in [-0.05, 0) is 19.8 Å². The Bertz CT molecular complexity index is 160. The van der Waals surface area contributed by atoms with Crippen molar-refractivity contribution in [1.29, 1.82) is 0 Å². The molecule has 0 radical (unpaired) electrons. The second-order valence-corrected chi connectivity index (χ2v) is 3.08. The zero-order chi connectivity index (χ0) is 8.97. The molecule has 1 heterocycles. The van der Waals surface area contributed by atoms with E-state index in [1.165, 1.54) is 0 Å². The number of piperidine rings is 1. The molecular weight excluding hydrogens is 158 g/mol. The van der Waals surface area contributed by atoms with E-state index in [9.17, 15) is 10.0 Å². The SMILES string of the molecule is CCOC(=O)C1CCC[NH+]([O-])C1. The van der Waals surface area contributed by atoms with E-state index in [0.29, 0.717) is 19.7 Å². The molecule has 1 fully saturated rings. The second-order valence-electron chi connectivity index (χ2n) is 3.08. The Labute approximate surface area is 72.1 Å². The van der Waals surface area contributed by atoms with Crippen LogP contribution < -0.4 is 5.06 Å². The molecule has 0 saturated carbocycles. The molecule has 0 aromatic heterocycles. The first-order valence-corrected chi connectivity index (χ1v) is 4.42. The van der Waals surface area contributed by atoms with Crippen LogP contribution in [0.4, 0.5) is 0 Å². The summed E-state index contributed by atoms with van der Waals surface area (Å²) in [7, 11) is 0. The van der Waals surface area contributed by atoms with E-state index in [1.54, 1.807) is 6.92 Å². The molecule has 0 aliphatic carbocycles. The fourth-order valence-corrected chi connectivity index (χ4v) is 1.49. The molecule has 1 N–H and O–H groups in total. The Morgan fingerprint density at radius 2 is 2.50 bits per heavy atom. The van der Waals surface area contributed by atoms with Crippen LogP contribution in [0, 0.1) is 11.1 Å². The topological polar surface area (TPSA) is 53.8 Å². The lowest BCUT2D eigenvalue weighted by Crippen LogP contribution is -3.09. The van der Waals surface area contributed by atoms with Crippen molar-refractivity contribution >= 4 is 5.97 Å². The quantitative estimate of drug-likeness (QED) is 0.445. The smallest absolute Gasteiger partial charge is 0.314 e. The molecule has 1 aliphatic rings. The number of carbonyl (C=O) groups excluding carboxylic acids is 1. The van der Waals surface area contributed by atoms with Crippen LogP contribution in [0.3, 0.4) is 0 Å². The van der Waals surface area contributed by atoms with E-state index in [-0.39, 0.29) is 17.0 Å². The van der Waals surface area contributed by atoms with Crippen molar-refractivity contribution in [3.8, 4) is 0 Å². The number of hydroxylamine groups is 2. The van der Waals surface area contributed by atoms with Gasteiger partial charge < -0.3 is 15.0 Å². The lowest BCUT2D eigenvalue weighted by molar-refractivity contribution is -0.856. The minimum Gasteiger partial charge on any atom is -0.634 e. The van der Waals surface area contributed by atoms with Crippen LogP contribution >= 0.6 is 0 Å². The number of quaternary nitrogens is 1. The van der Waals surface area contributed by atoms with Crippen molar-refractivity contribution in [2.75, 3.05) is 19.7 Å². The van der Waals surface area contributed by atoms with Crippen LogP contribution in [0.25, 0.3) is 0 Å². The van der Waals surface area contributed by atoms with Crippen LogP contribution in [0.1, 0.15) is 19.8 Å². The van der Waals surface area contributed by atoms with Gasteiger partial charge in [0.25, 0.3) is 0 Å². The van der Waals surface area contributed by atoms with Gasteiger partial charge in [0.05, 0.1) is 19.7 Å². The molecule has 0 aromatic carbocycles. The van der Waals surface area contributed by atoms with E-state index < -0.39 is 0 Å². The van der Waals surface area contributed by atoms with Gasteiger partial charge >= 0.3 is 5.97 Å². The maximum atomic E-state index is 11.2. The predicted octanol–water partition coefficient (Wildman–Crippen LogP) is -0.658. The molecule has 2 atom stereocenters. The molecule has 0 aromatic rings. The van der Waals surface area contributed by atoms with Crippen LogP contribution in [0.2, 0.25) is 0 Å². The highest BCUT2D eigenvalue weighted by molar-refractivity contribution is 5.72. The molecule has 1 saturated heterocycles. The number of nitrogens with one attached hydrogen (secondary N) is 1. The summed E-state index contributed by atoms with van der Waals surface area (Å²) in [6.07, 6.45) is 1.65. The molecular formula is C8H15NO3. The van der Waals surface area contributed by atoms with Gasteiger partial charge in [-0.15, -0.1) is 0 Å². The van der Waals surface area contributed by atoms with Crippen molar-refractivity contribution in [3.05, 3.63) is 5.21 Å². The highest BCUT2D eigenvalue weighted by Crippen LogP contribution is 2.08.